The minimum absolute atomic E-state index is 0.218. The first kappa shape index (κ1) is 14.0. The molecule has 1 fully saturated rings. The number of aliphatic hydroxyl groups is 1. The second-order valence-corrected chi connectivity index (χ2v) is 4.66. The summed E-state index contributed by atoms with van der Waals surface area (Å²) in [7, 11) is 0. The molecule has 3 nitrogen and oxygen atoms in total. The second-order valence-electron chi connectivity index (χ2n) is 4.66. The van der Waals surface area contributed by atoms with Crippen LogP contribution in [0.3, 0.4) is 0 Å². The van der Waals surface area contributed by atoms with Crippen molar-refractivity contribution in [2.24, 2.45) is 0 Å². The Hall–Kier alpha value is -1.41. The summed E-state index contributed by atoms with van der Waals surface area (Å²) in [4.78, 5) is 2.29. The van der Waals surface area contributed by atoms with E-state index in [0.717, 1.165) is 31.9 Å². The first-order valence-electron chi connectivity index (χ1n) is 6.40. The van der Waals surface area contributed by atoms with Gasteiger partial charge in [0.25, 0.3) is 0 Å². The molecule has 19 heavy (non-hydrogen) atoms. The Kier molecular flexibility index (Phi) is 4.92. The summed E-state index contributed by atoms with van der Waals surface area (Å²) in [6.07, 6.45) is 0. The van der Waals surface area contributed by atoms with Gasteiger partial charge in [-0.15, -0.1) is 0 Å². The summed E-state index contributed by atoms with van der Waals surface area (Å²) in [5, 5.41) is 8.76. The molecule has 1 aliphatic heterocycles. The molecule has 1 aromatic rings. The number of hydrogen-bond donors (Lipinski definition) is 1. The summed E-state index contributed by atoms with van der Waals surface area (Å²) < 4.78 is 18.7. The van der Waals surface area contributed by atoms with Crippen LogP contribution >= 0.6 is 0 Å². The van der Waals surface area contributed by atoms with Gasteiger partial charge in [-0.1, -0.05) is 17.9 Å². The highest BCUT2D eigenvalue weighted by Crippen LogP contribution is 2.16. The van der Waals surface area contributed by atoms with E-state index in [0.29, 0.717) is 11.6 Å². The maximum atomic E-state index is 13.3. The van der Waals surface area contributed by atoms with E-state index < -0.39 is 0 Å². The molecule has 0 aromatic heterocycles. The lowest BCUT2D eigenvalue weighted by atomic mass is 10.1. The van der Waals surface area contributed by atoms with Crippen molar-refractivity contribution in [2.45, 2.75) is 19.5 Å². The lowest BCUT2D eigenvalue weighted by molar-refractivity contribution is -0.00440. The van der Waals surface area contributed by atoms with Crippen molar-refractivity contribution < 1.29 is 14.2 Å². The van der Waals surface area contributed by atoms with Crippen molar-refractivity contribution in [2.75, 3.05) is 26.4 Å². The van der Waals surface area contributed by atoms with Crippen LogP contribution in [-0.4, -0.2) is 42.4 Å². The van der Waals surface area contributed by atoms with Gasteiger partial charge in [0, 0.05) is 24.7 Å². The summed E-state index contributed by atoms with van der Waals surface area (Å²) >= 11 is 0. The predicted molar refractivity (Wildman–Crippen MR) is 71.1 cm³/mol. The molecule has 0 aliphatic carbocycles. The van der Waals surface area contributed by atoms with Gasteiger partial charge >= 0.3 is 0 Å². The highest BCUT2D eigenvalue weighted by Gasteiger charge is 2.19. The number of benzene rings is 1. The molecule has 102 valence electrons. The van der Waals surface area contributed by atoms with E-state index in [9.17, 15) is 4.39 Å². The van der Waals surface area contributed by atoms with Crippen LogP contribution in [0.2, 0.25) is 0 Å². The summed E-state index contributed by atoms with van der Waals surface area (Å²) in [6, 6.07) is 4.98. The average Bonchev–Trinajstić information content (AvgIpc) is 2.41. The van der Waals surface area contributed by atoms with Crippen molar-refractivity contribution in [3.05, 3.63) is 35.1 Å². The monoisotopic (exact) mass is 263 g/mol. The molecule has 0 radical (unpaired) electrons. The summed E-state index contributed by atoms with van der Waals surface area (Å²) in [5.41, 5.74) is 1.63. The number of halogens is 1. The third kappa shape index (κ3) is 3.77. The fraction of sp³-hybridized carbons (Fsp3) is 0.467. The van der Waals surface area contributed by atoms with Gasteiger partial charge in [0.1, 0.15) is 12.4 Å². The van der Waals surface area contributed by atoms with E-state index in [1.54, 1.807) is 6.07 Å². The van der Waals surface area contributed by atoms with E-state index >= 15 is 0 Å². The van der Waals surface area contributed by atoms with Gasteiger partial charge in [-0.2, -0.15) is 0 Å². The number of ether oxygens (including phenoxy) is 1. The fourth-order valence-corrected chi connectivity index (χ4v) is 2.15. The van der Waals surface area contributed by atoms with Gasteiger partial charge in [-0.3, -0.25) is 4.90 Å². The zero-order valence-electron chi connectivity index (χ0n) is 11.0. The van der Waals surface area contributed by atoms with Crippen molar-refractivity contribution >= 4 is 0 Å². The molecule has 1 unspecified atom stereocenters. The number of hydrogen-bond acceptors (Lipinski definition) is 3. The second kappa shape index (κ2) is 6.67. The highest BCUT2D eigenvalue weighted by molar-refractivity contribution is 5.41. The van der Waals surface area contributed by atoms with Crippen LogP contribution in [0.1, 0.15) is 18.1 Å². The van der Waals surface area contributed by atoms with Crippen molar-refractivity contribution in [1.82, 2.24) is 4.90 Å². The molecule has 2 rings (SSSR count). The van der Waals surface area contributed by atoms with E-state index in [1.807, 2.05) is 0 Å². The van der Waals surface area contributed by atoms with E-state index in [-0.39, 0.29) is 12.4 Å². The van der Waals surface area contributed by atoms with Gasteiger partial charge in [-0.25, -0.2) is 4.39 Å². The Labute approximate surface area is 113 Å². The molecule has 1 atom stereocenters. The maximum absolute atomic E-state index is 13.3. The van der Waals surface area contributed by atoms with Crippen molar-refractivity contribution in [1.29, 1.82) is 0 Å². The van der Waals surface area contributed by atoms with Crippen molar-refractivity contribution in [3.8, 4) is 11.8 Å². The highest BCUT2D eigenvalue weighted by atomic mass is 19.1. The number of morpholine rings is 1. The molecular weight excluding hydrogens is 245 g/mol. The lowest BCUT2D eigenvalue weighted by Crippen LogP contribution is -2.43. The van der Waals surface area contributed by atoms with E-state index in [1.165, 1.54) is 12.1 Å². The third-order valence-corrected chi connectivity index (χ3v) is 3.25. The first-order valence-corrected chi connectivity index (χ1v) is 6.40. The molecule has 4 heteroatoms. The molecule has 0 spiro atoms. The van der Waals surface area contributed by atoms with Crippen molar-refractivity contribution in [3.63, 3.8) is 0 Å². The number of nitrogens with zero attached hydrogens (tertiary/aromatic N) is 1. The standard InChI is InChI=1S/C15H18FNO2/c1-12-11-19-8-6-17(12)10-14-4-5-15(16)9-13(14)3-2-7-18/h4-5,9,12,18H,6-8,10-11H2,1H3. The third-order valence-electron chi connectivity index (χ3n) is 3.25. The Morgan fingerprint density at radius 2 is 2.37 bits per heavy atom. The molecule has 1 N–H and O–H groups in total. The van der Waals surface area contributed by atoms with Gasteiger partial charge < -0.3 is 9.84 Å². The van der Waals surface area contributed by atoms with Crippen LogP contribution in [-0.2, 0) is 11.3 Å². The van der Waals surface area contributed by atoms with Gasteiger partial charge in [0.05, 0.1) is 13.2 Å². The van der Waals surface area contributed by atoms with Crippen LogP contribution in [0.15, 0.2) is 18.2 Å². The Bertz CT molecular complexity index is 493. The number of aliphatic hydroxyl groups excluding tert-OH is 1. The minimum atomic E-state index is -0.305. The van der Waals surface area contributed by atoms with Crippen LogP contribution in [0, 0.1) is 17.7 Å². The maximum Gasteiger partial charge on any atom is 0.124 e. The van der Waals surface area contributed by atoms with Crippen LogP contribution in [0.4, 0.5) is 4.39 Å². The summed E-state index contributed by atoms with van der Waals surface area (Å²) in [5.74, 6) is 5.08. The van der Waals surface area contributed by atoms with E-state index in [4.69, 9.17) is 9.84 Å². The summed E-state index contributed by atoms with van der Waals surface area (Å²) in [6.45, 7) is 4.93. The van der Waals surface area contributed by atoms with Gasteiger partial charge in [0.2, 0.25) is 0 Å². The molecular formula is C15H18FNO2. The largest absolute Gasteiger partial charge is 0.384 e. The Balaban J connectivity index is 2.18. The molecule has 0 bridgehead atoms. The molecule has 1 heterocycles. The molecule has 0 saturated carbocycles. The molecule has 1 aliphatic rings. The zero-order chi connectivity index (χ0) is 13.7. The topological polar surface area (TPSA) is 32.7 Å². The molecule has 1 aromatic carbocycles. The minimum Gasteiger partial charge on any atom is -0.384 e. The lowest BCUT2D eigenvalue weighted by Gasteiger charge is -2.33. The smallest absolute Gasteiger partial charge is 0.124 e. The Morgan fingerprint density at radius 1 is 1.53 bits per heavy atom. The average molecular weight is 263 g/mol. The predicted octanol–water partition coefficient (Wildman–Crippen LogP) is 1.39. The Morgan fingerprint density at radius 3 is 3.11 bits per heavy atom. The quantitative estimate of drug-likeness (QED) is 0.819. The van der Waals surface area contributed by atoms with Gasteiger partial charge in [-0.05, 0) is 24.6 Å². The van der Waals surface area contributed by atoms with E-state index in [2.05, 4.69) is 23.7 Å². The SMILES string of the molecule is CC1COCCN1Cc1ccc(F)cc1C#CCO. The van der Waals surface area contributed by atoms with Crippen LogP contribution < -0.4 is 0 Å². The normalized spacial score (nSPS) is 19.8. The fourth-order valence-electron chi connectivity index (χ4n) is 2.15. The van der Waals surface area contributed by atoms with Gasteiger partial charge in [0.15, 0.2) is 0 Å². The van der Waals surface area contributed by atoms with Crippen LogP contribution in [0.25, 0.3) is 0 Å². The number of rotatable bonds is 2. The zero-order valence-corrected chi connectivity index (χ0v) is 11.0. The first-order chi connectivity index (χ1) is 9.20. The molecule has 1 saturated heterocycles. The van der Waals surface area contributed by atoms with Crippen LogP contribution in [0.5, 0.6) is 0 Å². The molecule has 0 amide bonds.